The van der Waals surface area contributed by atoms with Crippen LogP contribution in [-0.4, -0.2) is 49.8 Å². The van der Waals surface area contributed by atoms with Crippen LogP contribution in [0.3, 0.4) is 0 Å². The van der Waals surface area contributed by atoms with Crippen molar-refractivity contribution in [3.8, 4) is 0 Å². The molecule has 0 aliphatic carbocycles. The fraction of sp³-hybridized carbons (Fsp3) is 1.00. The highest BCUT2D eigenvalue weighted by Crippen LogP contribution is 2.22. The molecular formula is C15H32N2O. The summed E-state index contributed by atoms with van der Waals surface area (Å²) in [5.74, 6) is 0.855. The maximum atomic E-state index is 5.66. The van der Waals surface area contributed by atoms with Crippen LogP contribution < -0.4 is 5.32 Å². The van der Waals surface area contributed by atoms with E-state index in [1.54, 1.807) is 0 Å². The van der Waals surface area contributed by atoms with Crippen LogP contribution in [0.25, 0.3) is 0 Å². The minimum absolute atomic E-state index is 0.0674. The summed E-state index contributed by atoms with van der Waals surface area (Å²) in [5, 5.41) is 3.45. The van der Waals surface area contributed by atoms with Gasteiger partial charge < -0.3 is 10.1 Å². The molecule has 18 heavy (non-hydrogen) atoms. The van der Waals surface area contributed by atoms with Crippen LogP contribution in [0.4, 0.5) is 0 Å². The molecular weight excluding hydrogens is 224 g/mol. The van der Waals surface area contributed by atoms with E-state index in [2.05, 4.69) is 37.9 Å². The number of rotatable bonds is 7. The number of hydrogen-bond acceptors (Lipinski definition) is 3. The molecule has 1 atom stereocenters. The predicted molar refractivity (Wildman–Crippen MR) is 78.0 cm³/mol. The van der Waals surface area contributed by atoms with Crippen molar-refractivity contribution in [3.05, 3.63) is 0 Å². The molecule has 0 aromatic rings. The molecule has 1 unspecified atom stereocenters. The van der Waals surface area contributed by atoms with Crippen molar-refractivity contribution in [1.29, 1.82) is 0 Å². The van der Waals surface area contributed by atoms with Crippen LogP contribution in [0.5, 0.6) is 0 Å². The Morgan fingerprint density at radius 2 is 1.94 bits per heavy atom. The summed E-state index contributed by atoms with van der Waals surface area (Å²) in [5.41, 5.74) is -0.0674. The SMILES string of the molecule is CCCN(CC1CCNCC1)C(C)C(C)(C)OC. The summed E-state index contributed by atoms with van der Waals surface area (Å²) in [4.78, 5) is 2.62. The van der Waals surface area contributed by atoms with Gasteiger partial charge in [-0.2, -0.15) is 0 Å². The van der Waals surface area contributed by atoms with E-state index < -0.39 is 0 Å². The average Bonchev–Trinajstić information content (AvgIpc) is 2.38. The molecule has 0 bridgehead atoms. The lowest BCUT2D eigenvalue weighted by Gasteiger charge is -2.41. The Bertz CT molecular complexity index is 225. The zero-order valence-corrected chi connectivity index (χ0v) is 13.0. The summed E-state index contributed by atoms with van der Waals surface area (Å²) < 4.78 is 5.66. The third kappa shape index (κ3) is 4.52. The van der Waals surface area contributed by atoms with Gasteiger partial charge in [0.15, 0.2) is 0 Å². The molecule has 0 saturated carbocycles. The highest BCUT2D eigenvalue weighted by Gasteiger charge is 2.31. The van der Waals surface area contributed by atoms with Gasteiger partial charge in [0.2, 0.25) is 0 Å². The quantitative estimate of drug-likeness (QED) is 0.757. The topological polar surface area (TPSA) is 24.5 Å². The molecule has 1 saturated heterocycles. The fourth-order valence-electron chi connectivity index (χ4n) is 2.74. The zero-order chi connectivity index (χ0) is 13.6. The molecule has 3 nitrogen and oxygen atoms in total. The molecule has 1 heterocycles. The molecule has 3 heteroatoms. The Morgan fingerprint density at radius 1 is 1.33 bits per heavy atom. The van der Waals surface area contributed by atoms with Gasteiger partial charge in [0, 0.05) is 19.7 Å². The van der Waals surface area contributed by atoms with Gasteiger partial charge in [0.1, 0.15) is 0 Å². The summed E-state index contributed by atoms with van der Waals surface area (Å²) in [7, 11) is 1.82. The lowest BCUT2D eigenvalue weighted by Crippen LogP contribution is -2.51. The van der Waals surface area contributed by atoms with Gasteiger partial charge in [0.25, 0.3) is 0 Å². The first-order valence-corrected chi connectivity index (χ1v) is 7.51. The number of piperidine rings is 1. The van der Waals surface area contributed by atoms with E-state index in [9.17, 15) is 0 Å². The maximum Gasteiger partial charge on any atom is 0.0774 e. The number of methoxy groups -OCH3 is 1. The van der Waals surface area contributed by atoms with Crippen LogP contribution >= 0.6 is 0 Å². The second kappa shape index (κ2) is 7.46. The van der Waals surface area contributed by atoms with Gasteiger partial charge in [-0.25, -0.2) is 0 Å². The molecule has 1 N–H and O–H groups in total. The standard InChI is InChI=1S/C15H32N2O/c1-6-11-17(13(2)15(3,4)18-5)12-14-7-9-16-10-8-14/h13-14,16H,6-12H2,1-5H3. The van der Waals surface area contributed by atoms with E-state index in [1.807, 2.05) is 7.11 Å². The Hall–Kier alpha value is -0.120. The molecule has 1 rings (SSSR count). The molecule has 0 aromatic carbocycles. The van der Waals surface area contributed by atoms with Crippen molar-refractivity contribution in [2.24, 2.45) is 5.92 Å². The first kappa shape index (κ1) is 15.9. The first-order valence-electron chi connectivity index (χ1n) is 7.51. The highest BCUT2D eigenvalue weighted by molar-refractivity contribution is 4.86. The minimum Gasteiger partial charge on any atom is -0.377 e. The Kier molecular flexibility index (Phi) is 6.61. The van der Waals surface area contributed by atoms with Crippen molar-refractivity contribution in [2.75, 3.05) is 33.3 Å². The van der Waals surface area contributed by atoms with Crippen molar-refractivity contribution >= 4 is 0 Å². The minimum atomic E-state index is -0.0674. The van der Waals surface area contributed by atoms with E-state index in [1.165, 1.54) is 45.4 Å². The van der Waals surface area contributed by atoms with Gasteiger partial charge in [-0.15, -0.1) is 0 Å². The van der Waals surface area contributed by atoms with Crippen LogP contribution in [0.1, 0.15) is 47.0 Å². The van der Waals surface area contributed by atoms with Gasteiger partial charge in [-0.3, -0.25) is 4.90 Å². The number of ether oxygens (including phenoxy) is 1. The van der Waals surface area contributed by atoms with Gasteiger partial charge >= 0.3 is 0 Å². The largest absolute Gasteiger partial charge is 0.377 e. The van der Waals surface area contributed by atoms with E-state index in [0.29, 0.717) is 6.04 Å². The molecule has 0 radical (unpaired) electrons. The molecule has 0 spiro atoms. The summed E-state index contributed by atoms with van der Waals surface area (Å²) in [6.07, 6.45) is 3.86. The van der Waals surface area contributed by atoms with E-state index >= 15 is 0 Å². The third-order valence-corrected chi connectivity index (χ3v) is 4.54. The molecule has 0 amide bonds. The van der Waals surface area contributed by atoms with Crippen molar-refractivity contribution in [2.45, 2.75) is 58.6 Å². The molecule has 1 aliphatic heterocycles. The summed E-state index contributed by atoms with van der Waals surface area (Å²) >= 11 is 0. The second-order valence-corrected chi connectivity index (χ2v) is 6.17. The Morgan fingerprint density at radius 3 is 2.44 bits per heavy atom. The molecule has 108 valence electrons. The maximum absolute atomic E-state index is 5.66. The van der Waals surface area contributed by atoms with Crippen molar-refractivity contribution < 1.29 is 4.74 Å². The third-order valence-electron chi connectivity index (χ3n) is 4.54. The van der Waals surface area contributed by atoms with Crippen LogP contribution in [0.2, 0.25) is 0 Å². The van der Waals surface area contributed by atoms with Crippen molar-refractivity contribution in [1.82, 2.24) is 10.2 Å². The highest BCUT2D eigenvalue weighted by atomic mass is 16.5. The number of hydrogen-bond donors (Lipinski definition) is 1. The van der Waals surface area contributed by atoms with Gasteiger partial charge in [-0.05, 0) is 65.6 Å². The van der Waals surface area contributed by atoms with E-state index in [-0.39, 0.29) is 5.60 Å². The average molecular weight is 256 g/mol. The number of nitrogens with one attached hydrogen (secondary N) is 1. The van der Waals surface area contributed by atoms with Crippen LogP contribution in [-0.2, 0) is 4.74 Å². The fourth-order valence-corrected chi connectivity index (χ4v) is 2.74. The summed E-state index contributed by atoms with van der Waals surface area (Å²) in [6, 6.07) is 0.470. The lowest BCUT2D eigenvalue weighted by atomic mass is 9.93. The van der Waals surface area contributed by atoms with E-state index in [4.69, 9.17) is 4.74 Å². The first-order chi connectivity index (χ1) is 8.51. The second-order valence-electron chi connectivity index (χ2n) is 6.17. The Labute approximate surface area is 113 Å². The van der Waals surface area contributed by atoms with Gasteiger partial charge in [0.05, 0.1) is 5.60 Å². The zero-order valence-electron chi connectivity index (χ0n) is 13.0. The number of nitrogens with zero attached hydrogens (tertiary/aromatic N) is 1. The monoisotopic (exact) mass is 256 g/mol. The molecule has 1 aliphatic rings. The normalized spacial score (nSPS) is 20.3. The molecule has 0 aromatic heterocycles. The molecule has 1 fully saturated rings. The predicted octanol–water partition coefficient (Wildman–Crippen LogP) is 2.51. The lowest BCUT2D eigenvalue weighted by molar-refractivity contribution is -0.0511. The van der Waals surface area contributed by atoms with Crippen molar-refractivity contribution in [3.63, 3.8) is 0 Å². The van der Waals surface area contributed by atoms with Crippen LogP contribution in [0.15, 0.2) is 0 Å². The smallest absolute Gasteiger partial charge is 0.0774 e. The Balaban J connectivity index is 2.57. The van der Waals surface area contributed by atoms with Gasteiger partial charge in [-0.1, -0.05) is 6.92 Å². The van der Waals surface area contributed by atoms with E-state index in [0.717, 1.165) is 5.92 Å². The summed E-state index contributed by atoms with van der Waals surface area (Å²) in [6.45, 7) is 13.7. The van der Waals surface area contributed by atoms with Crippen LogP contribution in [0, 0.1) is 5.92 Å².